The summed E-state index contributed by atoms with van der Waals surface area (Å²) in [5.41, 5.74) is 0. The molecule has 8 heteroatoms. The Labute approximate surface area is 121 Å². The van der Waals surface area contributed by atoms with Crippen LogP contribution in [0.1, 0.15) is 35.4 Å². The number of carbonyl (C=O) groups is 1. The zero-order valence-electron chi connectivity index (χ0n) is 10.9. The number of rotatable bonds is 6. The topological polar surface area (TPSA) is 92.7 Å². The molecule has 2 N–H and O–H groups in total. The third-order valence-electron chi connectivity index (χ3n) is 3.09. The number of carboxylic acids is 1. The lowest BCUT2D eigenvalue weighted by molar-refractivity contribution is 0.0123. The molecular formula is C12H17NO5S2. The molecule has 1 aromatic rings. The Hall–Kier alpha value is -0.960. The molecule has 0 aromatic carbocycles. The van der Waals surface area contributed by atoms with Crippen molar-refractivity contribution in [3.05, 3.63) is 17.0 Å². The number of carboxylic acid groups (broad SMARTS) is 1. The maximum Gasteiger partial charge on any atom is 0.345 e. The van der Waals surface area contributed by atoms with Gasteiger partial charge in [0.25, 0.3) is 0 Å². The van der Waals surface area contributed by atoms with Gasteiger partial charge in [-0.15, -0.1) is 11.3 Å². The molecule has 1 aliphatic heterocycles. The fourth-order valence-electron chi connectivity index (χ4n) is 2.04. The number of sulfonamides is 1. The highest BCUT2D eigenvalue weighted by atomic mass is 32.2. The SMILES string of the molecule is O=C(O)c1ccc(S(=O)(=O)NCCC2CCCCO2)s1. The molecule has 1 atom stereocenters. The van der Waals surface area contributed by atoms with Crippen molar-refractivity contribution in [2.24, 2.45) is 0 Å². The van der Waals surface area contributed by atoms with E-state index in [-0.39, 0.29) is 15.2 Å². The Morgan fingerprint density at radius 1 is 1.45 bits per heavy atom. The number of ether oxygens (including phenoxy) is 1. The van der Waals surface area contributed by atoms with Crippen LogP contribution in [0.15, 0.2) is 16.3 Å². The lowest BCUT2D eigenvalue weighted by Crippen LogP contribution is -2.29. The first-order chi connectivity index (χ1) is 9.49. The predicted molar refractivity (Wildman–Crippen MR) is 74.7 cm³/mol. The minimum Gasteiger partial charge on any atom is -0.477 e. The fourth-order valence-corrected chi connectivity index (χ4v) is 4.28. The van der Waals surface area contributed by atoms with E-state index in [1.54, 1.807) is 0 Å². The van der Waals surface area contributed by atoms with Crippen LogP contribution < -0.4 is 4.72 Å². The van der Waals surface area contributed by atoms with Gasteiger partial charge in [0.05, 0.1) is 6.10 Å². The predicted octanol–water partition coefficient (Wildman–Crippen LogP) is 1.68. The summed E-state index contributed by atoms with van der Waals surface area (Å²) in [5.74, 6) is -1.12. The fraction of sp³-hybridized carbons (Fsp3) is 0.583. The maximum absolute atomic E-state index is 12.0. The second-order valence-corrected chi connectivity index (χ2v) is 7.68. The van der Waals surface area contributed by atoms with Gasteiger partial charge in [-0.25, -0.2) is 17.9 Å². The highest BCUT2D eigenvalue weighted by Gasteiger charge is 2.20. The van der Waals surface area contributed by atoms with E-state index in [0.717, 1.165) is 37.2 Å². The quantitative estimate of drug-likeness (QED) is 0.832. The van der Waals surface area contributed by atoms with Crippen LogP contribution in [0.4, 0.5) is 0 Å². The monoisotopic (exact) mass is 319 g/mol. The Bertz CT molecular complexity index is 560. The van der Waals surface area contributed by atoms with Gasteiger partial charge in [-0.05, 0) is 37.8 Å². The minimum absolute atomic E-state index is 0.0148. The average Bonchev–Trinajstić information content (AvgIpc) is 2.90. The first-order valence-corrected chi connectivity index (χ1v) is 8.73. The van der Waals surface area contributed by atoms with Gasteiger partial charge < -0.3 is 9.84 Å². The van der Waals surface area contributed by atoms with Crippen molar-refractivity contribution >= 4 is 27.3 Å². The molecule has 1 aliphatic rings. The van der Waals surface area contributed by atoms with Gasteiger partial charge in [-0.1, -0.05) is 0 Å². The smallest absolute Gasteiger partial charge is 0.345 e. The van der Waals surface area contributed by atoms with Crippen LogP contribution in [0.25, 0.3) is 0 Å². The first kappa shape index (κ1) is 15.4. The second-order valence-electron chi connectivity index (χ2n) is 4.60. The molecule has 112 valence electrons. The van der Waals surface area contributed by atoms with Crippen molar-refractivity contribution in [2.45, 2.75) is 36.0 Å². The summed E-state index contributed by atoms with van der Waals surface area (Å²) in [5, 5.41) is 8.79. The average molecular weight is 319 g/mol. The molecule has 1 unspecified atom stereocenters. The molecule has 0 spiro atoms. The second kappa shape index (κ2) is 6.66. The van der Waals surface area contributed by atoms with Gasteiger partial charge in [0, 0.05) is 13.2 Å². The van der Waals surface area contributed by atoms with Crippen LogP contribution in [-0.4, -0.2) is 38.7 Å². The number of hydrogen-bond acceptors (Lipinski definition) is 5. The molecular weight excluding hydrogens is 302 g/mol. The molecule has 20 heavy (non-hydrogen) atoms. The number of thiophene rings is 1. The Balaban J connectivity index is 1.88. The summed E-state index contributed by atoms with van der Waals surface area (Å²) in [6.45, 7) is 1.04. The van der Waals surface area contributed by atoms with Crippen molar-refractivity contribution in [1.29, 1.82) is 0 Å². The minimum atomic E-state index is -3.62. The maximum atomic E-state index is 12.0. The summed E-state index contributed by atoms with van der Waals surface area (Å²) >= 11 is 0.753. The molecule has 0 radical (unpaired) electrons. The molecule has 2 rings (SSSR count). The molecule has 2 heterocycles. The van der Waals surface area contributed by atoms with Crippen LogP contribution in [0.3, 0.4) is 0 Å². The van der Waals surface area contributed by atoms with Gasteiger partial charge >= 0.3 is 5.97 Å². The van der Waals surface area contributed by atoms with E-state index in [1.165, 1.54) is 12.1 Å². The summed E-state index contributed by atoms with van der Waals surface area (Å²) in [4.78, 5) is 10.8. The third kappa shape index (κ3) is 4.02. The summed E-state index contributed by atoms with van der Waals surface area (Å²) in [7, 11) is -3.62. The molecule has 1 saturated heterocycles. The van der Waals surface area contributed by atoms with Crippen molar-refractivity contribution in [2.75, 3.05) is 13.2 Å². The van der Waals surface area contributed by atoms with Crippen LogP contribution in [0, 0.1) is 0 Å². The number of nitrogens with one attached hydrogen (secondary N) is 1. The molecule has 0 saturated carbocycles. The lowest BCUT2D eigenvalue weighted by Gasteiger charge is -2.22. The van der Waals surface area contributed by atoms with Crippen LogP contribution >= 0.6 is 11.3 Å². The summed E-state index contributed by atoms with van der Waals surface area (Å²) in [6, 6.07) is 2.61. The van der Waals surface area contributed by atoms with Gasteiger partial charge in [0.1, 0.15) is 9.09 Å². The van der Waals surface area contributed by atoms with E-state index < -0.39 is 16.0 Å². The largest absolute Gasteiger partial charge is 0.477 e. The lowest BCUT2D eigenvalue weighted by atomic mass is 10.1. The van der Waals surface area contributed by atoms with E-state index in [9.17, 15) is 13.2 Å². The summed E-state index contributed by atoms with van der Waals surface area (Å²) < 4.78 is 32.0. The molecule has 1 fully saturated rings. The Morgan fingerprint density at radius 3 is 2.85 bits per heavy atom. The highest BCUT2D eigenvalue weighted by Crippen LogP contribution is 2.21. The standard InChI is InChI=1S/C12H17NO5S2/c14-12(15)10-4-5-11(19-10)20(16,17)13-7-6-9-3-1-2-8-18-9/h4-5,9,13H,1-3,6-8H2,(H,14,15). The van der Waals surface area contributed by atoms with E-state index in [2.05, 4.69) is 4.72 Å². The summed E-state index contributed by atoms with van der Waals surface area (Å²) in [6.07, 6.45) is 3.89. The van der Waals surface area contributed by atoms with Crippen molar-refractivity contribution in [1.82, 2.24) is 4.72 Å². The molecule has 0 aliphatic carbocycles. The van der Waals surface area contributed by atoms with Crippen LogP contribution in [0.2, 0.25) is 0 Å². The molecule has 6 nitrogen and oxygen atoms in total. The first-order valence-electron chi connectivity index (χ1n) is 6.43. The van der Waals surface area contributed by atoms with Crippen LogP contribution in [-0.2, 0) is 14.8 Å². The molecule has 1 aromatic heterocycles. The third-order valence-corrected chi connectivity index (χ3v) is 6.12. The Morgan fingerprint density at radius 2 is 2.25 bits per heavy atom. The zero-order valence-corrected chi connectivity index (χ0v) is 12.5. The van der Waals surface area contributed by atoms with Crippen molar-refractivity contribution in [3.63, 3.8) is 0 Å². The van der Waals surface area contributed by atoms with Crippen molar-refractivity contribution in [3.8, 4) is 0 Å². The zero-order chi connectivity index (χ0) is 14.6. The normalized spacial score (nSPS) is 19.9. The van der Waals surface area contributed by atoms with E-state index >= 15 is 0 Å². The van der Waals surface area contributed by atoms with Gasteiger partial charge in [-0.3, -0.25) is 0 Å². The van der Waals surface area contributed by atoms with E-state index in [1.807, 2.05) is 0 Å². The number of aromatic carboxylic acids is 1. The number of hydrogen-bond donors (Lipinski definition) is 2. The molecule has 0 bridgehead atoms. The van der Waals surface area contributed by atoms with Crippen LogP contribution in [0.5, 0.6) is 0 Å². The Kier molecular flexibility index (Phi) is 5.14. The van der Waals surface area contributed by atoms with Gasteiger partial charge in [0.2, 0.25) is 10.0 Å². The van der Waals surface area contributed by atoms with E-state index in [4.69, 9.17) is 9.84 Å². The molecule has 0 amide bonds. The van der Waals surface area contributed by atoms with Gasteiger partial charge in [0.15, 0.2) is 0 Å². The highest BCUT2D eigenvalue weighted by molar-refractivity contribution is 7.91. The van der Waals surface area contributed by atoms with Gasteiger partial charge in [-0.2, -0.15) is 0 Å². The van der Waals surface area contributed by atoms with Crippen molar-refractivity contribution < 1.29 is 23.1 Å². The van der Waals surface area contributed by atoms with E-state index in [0.29, 0.717) is 13.0 Å².